The van der Waals surface area contributed by atoms with E-state index in [9.17, 15) is 23.6 Å². The second kappa shape index (κ2) is 20.4. The molecule has 0 spiro atoms. The molecule has 1 aromatic heterocycles. The summed E-state index contributed by atoms with van der Waals surface area (Å²) in [6.45, 7) is 2.99. The van der Waals surface area contributed by atoms with E-state index in [1.54, 1.807) is 62.6 Å². The number of carbonyl (C=O) groups is 4. The molecule has 0 saturated carbocycles. The minimum absolute atomic E-state index is 0.0679. The maximum absolute atomic E-state index is 14.6. The predicted octanol–water partition coefficient (Wildman–Crippen LogP) is 3.00. The summed E-state index contributed by atoms with van der Waals surface area (Å²) in [5, 5.41) is 22.9. The molecular formula is C32H41FN8O7S. The first-order valence-electron chi connectivity index (χ1n) is 15.4. The topological polar surface area (TPSA) is 219 Å². The van der Waals surface area contributed by atoms with Crippen LogP contribution >= 0.6 is 11.8 Å². The minimum Gasteiger partial charge on any atom is -0.491 e. The monoisotopic (exact) mass is 700 g/mol. The zero-order chi connectivity index (χ0) is 35.6. The van der Waals surface area contributed by atoms with E-state index in [0.29, 0.717) is 48.3 Å². The Morgan fingerprint density at radius 2 is 1.76 bits per heavy atom. The van der Waals surface area contributed by atoms with E-state index < -0.39 is 29.8 Å². The summed E-state index contributed by atoms with van der Waals surface area (Å²) in [5.74, 6) is -1.76. The molecule has 1 heterocycles. The Kier molecular flexibility index (Phi) is 16.0. The maximum Gasteiger partial charge on any atom is 0.320 e. The van der Waals surface area contributed by atoms with Gasteiger partial charge < -0.3 is 46.9 Å². The van der Waals surface area contributed by atoms with Crippen molar-refractivity contribution in [2.75, 3.05) is 54.3 Å². The number of aromatic nitrogens is 2. The Morgan fingerprint density at radius 1 is 1.00 bits per heavy atom. The fourth-order valence-corrected chi connectivity index (χ4v) is 5.05. The zero-order valence-electron chi connectivity index (χ0n) is 27.2. The van der Waals surface area contributed by atoms with Crippen LogP contribution in [-0.2, 0) is 23.9 Å². The number of benzene rings is 2. The molecule has 3 aromatic rings. The van der Waals surface area contributed by atoms with E-state index in [0.717, 1.165) is 6.20 Å². The highest BCUT2D eigenvalue weighted by molar-refractivity contribution is 7.99. The number of amides is 3. The average molecular weight is 701 g/mol. The normalized spacial score (nSPS) is 11.9. The lowest BCUT2D eigenvalue weighted by molar-refractivity contribution is -0.139. The highest BCUT2D eigenvalue weighted by atomic mass is 32.2. The van der Waals surface area contributed by atoms with Gasteiger partial charge in [0.15, 0.2) is 11.6 Å². The van der Waals surface area contributed by atoms with E-state index >= 15 is 0 Å². The molecule has 0 aliphatic rings. The number of likely N-dealkylation sites (N-methyl/N-ethyl adjacent to an activating group) is 1. The lowest BCUT2D eigenvalue weighted by atomic mass is 10.1. The summed E-state index contributed by atoms with van der Waals surface area (Å²) >= 11 is 1.30. The SMILES string of the molecule is CCNC(=O)C(CSCCC(=O)Nc1cccc(Nc2nc(Nc3ccc(OCCOC)cc3)ncc2F)c1)NC(=O)CCC(N)C(=O)O. The molecule has 0 bridgehead atoms. The van der Waals surface area contributed by atoms with Gasteiger partial charge >= 0.3 is 5.97 Å². The Labute approximate surface area is 287 Å². The molecule has 17 heteroatoms. The number of methoxy groups -OCH3 is 1. The molecule has 15 nitrogen and oxygen atoms in total. The van der Waals surface area contributed by atoms with Crippen molar-refractivity contribution in [3.63, 3.8) is 0 Å². The Hall–Kier alpha value is -5.00. The third-order valence-electron chi connectivity index (χ3n) is 6.58. The summed E-state index contributed by atoms with van der Waals surface area (Å²) < 4.78 is 25.1. The second-order valence-corrected chi connectivity index (χ2v) is 11.6. The molecule has 8 N–H and O–H groups in total. The molecule has 0 saturated heterocycles. The molecule has 3 amide bonds. The largest absolute Gasteiger partial charge is 0.491 e. The van der Waals surface area contributed by atoms with Gasteiger partial charge in [0.05, 0.1) is 12.8 Å². The first-order chi connectivity index (χ1) is 23.6. The molecule has 3 rings (SSSR count). The molecule has 2 unspecified atom stereocenters. The average Bonchev–Trinajstić information content (AvgIpc) is 3.07. The Morgan fingerprint density at radius 3 is 2.47 bits per heavy atom. The number of halogens is 1. The van der Waals surface area contributed by atoms with Crippen molar-refractivity contribution in [3.8, 4) is 5.75 Å². The fraction of sp³-hybridized carbons (Fsp3) is 0.375. The van der Waals surface area contributed by atoms with E-state index in [1.165, 1.54) is 11.8 Å². The molecule has 2 atom stereocenters. The Bertz CT molecular complexity index is 1550. The lowest BCUT2D eigenvalue weighted by Crippen LogP contribution is -2.48. The number of hydrogen-bond acceptors (Lipinski definition) is 12. The number of anilines is 5. The summed E-state index contributed by atoms with van der Waals surface area (Å²) in [5.41, 5.74) is 7.05. The van der Waals surface area contributed by atoms with E-state index in [1.807, 2.05) is 0 Å². The number of ether oxygens (including phenoxy) is 2. The van der Waals surface area contributed by atoms with Crippen molar-refractivity contribution in [3.05, 3.63) is 60.5 Å². The van der Waals surface area contributed by atoms with Crippen LogP contribution in [0.2, 0.25) is 0 Å². The summed E-state index contributed by atoms with van der Waals surface area (Å²) in [7, 11) is 1.59. The van der Waals surface area contributed by atoms with E-state index in [-0.39, 0.29) is 48.6 Å². The summed E-state index contributed by atoms with van der Waals surface area (Å²) in [4.78, 5) is 56.5. The van der Waals surface area contributed by atoms with Gasteiger partial charge in [-0.15, -0.1) is 0 Å². The number of thioether (sulfide) groups is 1. The number of nitrogens with one attached hydrogen (secondary N) is 5. The van der Waals surface area contributed by atoms with Gasteiger partial charge in [-0.1, -0.05) is 6.07 Å². The quantitative estimate of drug-likeness (QED) is 0.0796. The van der Waals surface area contributed by atoms with Crippen molar-refractivity contribution >= 4 is 64.3 Å². The molecule has 0 aliphatic carbocycles. The maximum atomic E-state index is 14.6. The number of nitrogens with zero attached hydrogens (tertiary/aromatic N) is 2. The minimum atomic E-state index is -1.21. The molecule has 264 valence electrons. The number of hydrogen-bond donors (Lipinski definition) is 7. The van der Waals surface area contributed by atoms with Crippen LogP contribution in [0.3, 0.4) is 0 Å². The number of carbonyl (C=O) groups excluding carboxylic acids is 3. The third-order valence-corrected chi connectivity index (χ3v) is 7.64. The highest BCUT2D eigenvalue weighted by Gasteiger charge is 2.22. The smallest absolute Gasteiger partial charge is 0.320 e. The van der Waals surface area contributed by atoms with Gasteiger partial charge in [-0.05, 0) is 55.8 Å². The van der Waals surface area contributed by atoms with Crippen LogP contribution in [0.15, 0.2) is 54.7 Å². The summed E-state index contributed by atoms with van der Waals surface area (Å²) in [6.07, 6.45) is 0.941. The predicted molar refractivity (Wildman–Crippen MR) is 185 cm³/mol. The van der Waals surface area contributed by atoms with Crippen LogP contribution in [0.5, 0.6) is 5.75 Å². The second-order valence-electron chi connectivity index (χ2n) is 10.5. The van der Waals surface area contributed by atoms with Crippen LogP contribution in [0, 0.1) is 5.82 Å². The van der Waals surface area contributed by atoms with E-state index in [2.05, 4.69) is 36.6 Å². The van der Waals surface area contributed by atoms with Gasteiger partial charge in [-0.2, -0.15) is 16.7 Å². The van der Waals surface area contributed by atoms with Gasteiger partial charge in [0.1, 0.15) is 24.4 Å². The van der Waals surface area contributed by atoms with Crippen LogP contribution in [-0.4, -0.2) is 89.2 Å². The van der Waals surface area contributed by atoms with Crippen molar-refractivity contribution in [2.45, 2.75) is 38.3 Å². The standard InChI is InChI=1S/C32H41FN8O7S/c1-3-35-30(44)26(40-27(42)12-11-25(34)31(45)46)19-49-16-13-28(43)37-21-5-4-6-22(17-21)38-29-24(33)18-36-32(41-29)39-20-7-9-23(10-8-20)48-15-14-47-2/h4-10,17-18,25-26H,3,11-16,19,34H2,1-2H3,(H,35,44)(H,37,43)(H,40,42)(H,45,46)(H2,36,38,39,41). The zero-order valence-corrected chi connectivity index (χ0v) is 28.0. The molecule has 0 aliphatic heterocycles. The number of nitrogens with two attached hydrogens (primary N) is 1. The molecule has 2 aromatic carbocycles. The number of carboxylic acids is 1. The van der Waals surface area contributed by atoms with Gasteiger partial charge in [-0.25, -0.2) is 9.37 Å². The number of rotatable bonds is 21. The lowest BCUT2D eigenvalue weighted by Gasteiger charge is -2.18. The van der Waals surface area contributed by atoms with Gasteiger partial charge in [0, 0.05) is 55.1 Å². The van der Waals surface area contributed by atoms with Crippen molar-refractivity contribution in [1.82, 2.24) is 20.6 Å². The van der Waals surface area contributed by atoms with Gasteiger partial charge in [0.25, 0.3) is 0 Å². The molecule has 0 fully saturated rings. The molecular weight excluding hydrogens is 659 g/mol. The van der Waals surface area contributed by atoms with E-state index in [4.69, 9.17) is 20.3 Å². The van der Waals surface area contributed by atoms with Crippen LogP contribution in [0.1, 0.15) is 26.2 Å². The van der Waals surface area contributed by atoms with Gasteiger partial charge in [0.2, 0.25) is 23.7 Å². The van der Waals surface area contributed by atoms with Crippen LogP contribution in [0.4, 0.5) is 33.2 Å². The fourth-order valence-electron chi connectivity index (χ4n) is 4.08. The van der Waals surface area contributed by atoms with Gasteiger partial charge in [-0.3, -0.25) is 19.2 Å². The number of carboxylic acid groups (broad SMARTS) is 1. The van der Waals surface area contributed by atoms with Crippen molar-refractivity contribution in [2.24, 2.45) is 5.73 Å². The van der Waals surface area contributed by atoms with Crippen molar-refractivity contribution in [1.29, 1.82) is 0 Å². The highest BCUT2D eigenvalue weighted by Crippen LogP contribution is 2.24. The molecule has 49 heavy (non-hydrogen) atoms. The Balaban J connectivity index is 1.49. The first-order valence-corrected chi connectivity index (χ1v) is 16.5. The third kappa shape index (κ3) is 13.9. The first kappa shape index (κ1) is 38.4. The van der Waals surface area contributed by atoms with Crippen LogP contribution < -0.4 is 37.1 Å². The summed E-state index contributed by atoms with van der Waals surface area (Å²) in [6, 6.07) is 11.7. The van der Waals surface area contributed by atoms with Crippen LogP contribution in [0.25, 0.3) is 0 Å². The molecule has 0 radical (unpaired) electrons. The van der Waals surface area contributed by atoms with Crippen molar-refractivity contribution < 1.29 is 38.1 Å². The number of aliphatic carboxylic acids is 1.